The highest BCUT2D eigenvalue weighted by Gasteiger charge is 2.42. The average Bonchev–Trinajstić information content (AvgIpc) is 2.93. The third kappa shape index (κ3) is 2.62. The van der Waals surface area contributed by atoms with Crippen molar-refractivity contribution >= 4 is 7.05 Å². The van der Waals surface area contributed by atoms with Crippen molar-refractivity contribution in [1.82, 2.24) is 5.23 Å². The van der Waals surface area contributed by atoms with E-state index in [0.717, 1.165) is 0 Å². The largest absolute Gasteiger partial charge is 0.412 e. The van der Waals surface area contributed by atoms with E-state index in [4.69, 9.17) is 4.65 Å². The molecule has 0 bridgehead atoms. The molecule has 1 heterocycles. The minimum atomic E-state index is -2.18. The normalized spacial score (nSPS) is 21.0. The summed E-state index contributed by atoms with van der Waals surface area (Å²) >= 11 is 0. The Bertz CT molecular complexity index is 713. The minimum Gasteiger partial charge on any atom is -0.412 e. The topological polar surface area (TPSA) is 21.3 Å². The predicted molar refractivity (Wildman–Crippen MR) is 74.0 cm³/mol. The van der Waals surface area contributed by atoms with Gasteiger partial charge in [0.2, 0.25) is 5.82 Å². The standard InChI is InChI=1S/C15H11BF5NO/c1-16-22-14(7-5-3-2-4-6-7)15(23-16)8-9(17)11(19)13(21)12(20)10(8)18/h2-6,14-15,22H,1H3/t14-,15+/m0/s1. The maximum absolute atomic E-state index is 14.0. The van der Waals surface area contributed by atoms with Crippen molar-refractivity contribution in [2.45, 2.75) is 19.0 Å². The molecule has 1 aliphatic heterocycles. The van der Waals surface area contributed by atoms with Gasteiger partial charge in [0.05, 0.1) is 17.7 Å². The van der Waals surface area contributed by atoms with Crippen LogP contribution in [0.3, 0.4) is 0 Å². The fraction of sp³-hybridized carbons (Fsp3) is 0.200. The van der Waals surface area contributed by atoms with Gasteiger partial charge in [-0.1, -0.05) is 30.3 Å². The van der Waals surface area contributed by atoms with Crippen LogP contribution in [0.5, 0.6) is 0 Å². The van der Waals surface area contributed by atoms with Gasteiger partial charge in [-0.25, -0.2) is 22.0 Å². The number of hydrogen-bond acceptors (Lipinski definition) is 2. The molecule has 120 valence electrons. The quantitative estimate of drug-likeness (QED) is 0.391. The lowest BCUT2D eigenvalue weighted by Crippen LogP contribution is -2.26. The Morgan fingerprint density at radius 1 is 0.870 bits per heavy atom. The summed E-state index contributed by atoms with van der Waals surface area (Å²) in [7, 11) is -0.611. The summed E-state index contributed by atoms with van der Waals surface area (Å²) in [6.45, 7) is 1.59. The van der Waals surface area contributed by atoms with Crippen LogP contribution in [-0.4, -0.2) is 7.05 Å². The lowest BCUT2D eigenvalue weighted by atomic mass is 9.88. The summed E-state index contributed by atoms with van der Waals surface area (Å²) in [4.78, 5) is 0. The molecule has 23 heavy (non-hydrogen) atoms. The van der Waals surface area contributed by atoms with Crippen LogP contribution in [0, 0.1) is 29.1 Å². The molecule has 0 unspecified atom stereocenters. The van der Waals surface area contributed by atoms with E-state index in [0.29, 0.717) is 5.56 Å². The van der Waals surface area contributed by atoms with Crippen LogP contribution in [-0.2, 0) is 4.65 Å². The van der Waals surface area contributed by atoms with Gasteiger partial charge in [0.15, 0.2) is 23.3 Å². The average molecular weight is 327 g/mol. The van der Waals surface area contributed by atoms with Crippen LogP contribution in [0.2, 0.25) is 6.82 Å². The Labute approximate surface area is 129 Å². The summed E-state index contributed by atoms with van der Waals surface area (Å²) in [5.41, 5.74) is -0.349. The highest BCUT2D eigenvalue weighted by Crippen LogP contribution is 2.40. The first-order valence-electron chi connectivity index (χ1n) is 6.89. The van der Waals surface area contributed by atoms with Crippen molar-refractivity contribution in [3.05, 3.63) is 70.5 Å². The molecule has 2 aromatic rings. The molecule has 1 fully saturated rings. The van der Waals surface area contributed by atoms with Crippen molar-refractivity contribution in [3.8, 4) is 0 Å². The zero-order valence-electron chi connectivity index (χ0n) is 11.9. The van der Waals surface area contributed by atoms with Crippen molar-refractivity contribution < 1.29 is 26.6 Å². The Hall–Kier alpha value is -1.93. The summed E-state index contributed by atoms with van der Waals surface area (Å²) in [6, 6.07) is 7.77. The molecule has 0 aliphatic carbocycles. The maximum atomic E-state index is 14.0. The predicted octanol–water partition coefficient (Wildman–Crippen LogP) is 3.90. The second kappa shape index (κ2) is 5.94. The number of nitrogens with one attached hydrogen (secondary N) is 1. The Balaban J connectivity index is 2.14. The van der Waals surface area contributed by atoms with Crippen LogP contribution in [0.1, 0.15) is 23.3 Å². The van der Waals surface area contributed by atoms with E-state index in [1.54, 1.807) is 37.2 Å². The van der Waals surface area contributed by atoms with Crippen molar-refractivity contribution in [2.75, 3.05) is 0 Å². The van der Waals surface area contributed by atoms with Crippen molar-refractivity contribution in [3.63, 3.8) is 0 Å². The molecule has 1 N–H and O–H groups in total. The van der Waals surface area contributed by atoms with Crippen LogP contribution >= 0.6 is 0 Å². The zero-order valence-corrected chi connectivity index (χ0v) is 11.9. The molecular formula is C15H11BF5NO. The molecule has 0 saturated carbocycles. The molecule has 3 rings (SSSR count). The van der Waals surface area contributed by atoms with E-state index in [-0.39, 0.29) is 0 Å². The highest BCUT2D eigenvalue weighted by atomic mass is 19.2. The van der Waals surface area contributed by atoms with Crippen LogP contribution in [0.25, 0.3) is 0 Å². The molecule has 0 radical (unpaired) electrons. The number of rotatable bonds is 2. The Morgan fingerprint density at radius 3 is 1.96 bits per heavy atom. The summed E-state index contributed by atoms with van der Waals surface area (Å²) in [5, 5.41) is 2.93. The first-order chi connectivity index (χ1) is 10.9. The summed E-state index contributed by atoms with van der Waals surface area (Å²) in [5.74, 6) is -9.88. The van der Waals surface area contributed by atoms with E-state index < -0.39 is 53.8 Å². The molecule has 2 nitrogen and oxygen atoms in total. The number of hydrogen-bond donors (Lipinski definition) is 1. The van der Waals surface area contributed by atoms with Gasteiger partial charge in [-0.05, 0) is 12.4 Å². The lowest BCUT2D eigenvalue weighted by molar-refractivity contribution is 0.197. The third-order valence-corrected chi connectivity index (χ3v) is 3.75. The molecule has 1 saturated heterocycles. The van der Waals surface area contributed by atoms with Gasteiger partial charge in [0.1, 0.15) is 0 Å². The van der Waals surface area contributed by atoms with E-state index in [1.165, 1.54) is 0 Å². The van der Waals surface area contributed by atoms with Gasteiger partial charge >= 0.3 is 7.05 Å². The van der Waals surface area contributed by atoms with Gasteiger partial charge < -0.3 is 9.88 Å². The van der Waals surface area contributed by atoms with E-state index in [1.807, 2.05) is 0 Å². The fourth-order valence-electron chi connectivity index (χ4n) is 2.72. The van der Waals surface area contributed by atoms with Crippen LogP contribution < -0.4 is 5.23 Å². The Kier molecular flexibility index (Phi) is 4.12. The lowest BCUT2D eigenvalue weighted by Gasteiger charge is -2.21. The molecule has 0 spiro atoms. The second-order valence-electron chi connectivity index (χ2n) is 5.24. The third-order valence-electron chi connectivity index (χ3n) is 3.75. The van der Waals surface area contributed by atoms with Crippen molar-refractivity contribution in [2.24, 2.45) is 0 Å². The number of benzene rings is 2. The molecule has 0 amide bonds. The monoisotopic (exact) mass is 327 g/mol. The fourth-order valence-corrected chi connectivity index (χ4v) is 2.72. The van der Waals surface area contributed by atoms with Gasteiger partial charge in [-0.2, -0.15) is 0 Å². The summed E-state index contributed by atoms with van der Waals surface area (Å²) < 4.78 is 73.6. The van der Waals surface area contributed by atoms with Gasteiger partial charge in [-0.15, -0.1) is 0 Å². The molecular weight excluding hydrogens is 316 g/mol. The number of halogens is 5. The van der Waals surface area contributed by atoms with Crippen LogP contribution in [0.4, 0.5) is 22.0 Å². The zero-order chi connectivity index (χ0) is 16.7. The first kappa shape index (κ1) is 16.0. The maximum Gasteiger partial charge on any atom is 0.377 e. The smallest absolute Gasteiger partial charge is 0.377 e. The minimum absolute atomic E-state index is 0.611. The summed E-state index contributed by atoms with van der Waals surface area (Å²) in [6.07, 6.45) is -1.34. The van der Waals surface area contributed by atoms with Crippen molar-refractivity contribution in [1.29, 1.82) is 0 Å². The first-order valence-corrected chi connectivity index (χ1v) is 6.89. The molecule has 0 aromatic heterocycles. The van der Waals surface area contributed by atoms with Gasteiger partial charge in [0.25, 0.3) is 0 Å². The second-order valence-corrected chi connectivity index (χ2v) is 5.24. The van der Waals surface area contributed by atoms with Gasteiger partial charge in [0, 0.05) is 0 Å². The Morgan fingerprint density at radius 2 is 1.39 bits per heavy atom. The molecule has 8 heteroatoms. The van der Waals surface area contributed by atoms with E-state index in [2.05, 4.69) is 5.23 Å². The van der Waals surface area contributed by atoms with E-state index in [9.17, 15) is 22.0 Å². The molecule has 2 aromatic carbocycles. The molecule has 1 aliphatic rings. The van der Waals surface area contributed by atoms with Crippen LogP contribution in [0.15, 0.2) is 30.3 Å². The van der Waals surface area contributed by atoms with Gasteiger partial charge in [-0.3, -0.25) is 0 Å². The molecule has 2 atom stereocenters. The highest BCUT2D eigenvalue weighted by molar-refractivity contribution is 6.48. The van der Waals surface area contributed by atoms with E-state index >= 15 is 0 Å². The SMILES string of the molecule is CB1N[C@@H](c2ccccc2)[C@@H](c2c(F)c(F)c(F)c(F)c2F)O1.